The van der Waals surface area contributed by atoms with E-state index in [2.05, 4.69) is 5.32 Å². The molecule has 0 fully saturated rings. The Morgan fingerprint density at radius 2 is 1.42 bits per heavy atom. The Hall–Kier alpha value is -2.53. The van der Waals surface area contributed by atoms with Crippen molar-refractivity contribution in [3.63, 3.8) is 0 Å². The molecular formula is C20H22ClNO4. The van der Waals surface area contributed by atoms with Crippen molar-refractivity contribution in [2.45, 2.75) is 20.8 Å². The van der Waals surface area contributed by atoms with Crippen molar-refractivity contribution in [2.24, 2.45) is 5.92 Å². The van der Waals surface area contributed by atoms with Gasteiger partial charge in [-0.1, -0.05) is 47.5 Å². The number of allylic oxidation sites excluding steroid dienone is 3. The highest BCUT2D eigenvalue weighted by Gasteiger charge is 2.35. The minimum atomic E-state index is -0.676. The Morgan fingerprint density at radius 1 is 0.962 bits per heavy atom. The van der Waals surface area contributed by atoms with Crippen molar-refractivity contribution >= 4 is 28.6 Å². The Morgan fingerprint density at radius 3 is 1.85 bits per heavy atom. The number of nitrogens with one attached hydrogen (secondary N) is 1. The van der Waals surface area contributed by atoms with E-state index < -0.39 is 17.9 Å². The minimum Gasteiger partial charge on any atom is -0.466 e. The van der Waals surface area contributed by atoms with E-state index in [0.717, 1.165) is 11.1 Å². The van der Waals surface area contributed by atoms with Crippen LogP contribution in [0.4, 0.5) is 0 Å². The van der Waals surface area contributed by atoms with Gasteiger partial charge in [0.1, 0.15) is 0 Å². The maximum atomic E-state index is 12.3. The normalized spacial score (nSPS) is 15.7. The van der Waals surface area contributed by atoms with Gasteiger partial charge in [-0.2, -0.15) is 0 Å². The Bertz CT molecular complexity index is 781. The third-order valence-electron chi connectivity index (χ3n) is 4.26. The van der Waals surface area contributed by atoms with E-state index in [4.69, 9.17) is 21.1 Å². The number of aryl methyl sites for hydroxylation is 1. The molecule has 0 aromatic heterocycles. The number of hydrogen-bond donors (Lipinski definition) is 1. The van der Waals surface area contributed by atoms with Crippen LogP contribution in [0.15, 0.2) is 52.9 Å². The second-order valence-electron chi connectivity index (χ2n) is 6.04. The van der Waals surface area contributed by atoms with Crippen LogP contribution < -0.4 is 5.32 Å². The molecule has 1 aromatic rings. The van der Waals surface area contributed by atoms with Crippen molar-refractivity contribution in [3.05, 3.63) is 64.0 Å². The third-order valence-corrected chi connectivity index (χ3v) is 4.60. The monoisotopic (exact) mass is 375 g/mol. The molecule has 2 rings (SSSR count). The molecule has 1 aliphatic heterocycles. The molecule has 0 spiro atoms. The molecule has 1 aliphatic rings. The van der Waals surface area contributed by atoms with E-state index in [1.165, 1.54) is 14.2 Å². The molecule has 1 N–H and O–H groups in total. The smallest absolute Gasteiger partial charge is 0.336 e. The van der Waals surface area contributed by atoms with E-state index in [9.17, 15) is 9.59 Å². The molecule has 0 unspecified atom stereocenters. The van der Waals surface area contributed by atoms with Gasteiger partial charge < -0.3 is 14.8 Å². The van der Waals surface area contributed by atoms with Crippen LogP contribution in [0.1, 0.15) is 25.0 Å². The number of carbonyl (C=O) groups excluding carboxylic acids is 2. The number of ether oxygens (including phenoxy) is 2. The van der Waals surface area contributed by atoms with E-state index in [0.29, 0.717) is 27.6 Å². The number of halogens is 1. The number of carbonyl (C=O) groups is 2. The quantitative estimate of drug-likeness (QED) is 0.813. The molecule has 1 aromatic carbocycles. The van der Waals surface area contributed by atoms with Crippen LogP contribution in [0, 0.1) is 12.8 Å². The van der Waals surface area contributed by atoms with Crippen molar-refractivity contribution in [3.8, 4) is 0 Å². The van der Waals surface area contributed by atoms with Crippen LogP contribution in [0.2, 0.25) is 0 Å². The van der Waals surface area contributed by atoms with Gasteiger partial charge in [0, 0.05) is 22.3 Å². The highest BCUT2D eigenvalue weighted by molar-refractivity contribution is 6.48. The van der Waals surface area contributed by atoms with E-state index in [-0.39, 0.29) is 0 Å². The Labute approximate surface area is 158 Å². The Balaban J connectivity index is 2.60. The summed E-state index contributed by atoms with van der Waals surface area (Å²) in [6.07, 6.45) is 1.68. The number of dihydropyridines is 1. The van der Waals surface area contributed by atoms with Crippen LogP contribution in [0.25, 0.3) is 5.03 Å². The Kier molecular flexibility index (Phi) is 6.27. The lowest BCUT2D eigenvalue weighted by atomic mass is 9.84. The zero-order valence-electron chi connectivity index (χ0n) is 15.5. The van der Waals surface area contributed by atoms with Gasteiger partial charge in [0.2, 0.25) is 0 Å². The zero-order valence-corrected chi connectivity index (χ0v) is 16.2. The maximum Gasteiger partial charge on any atom is 0.336 e. The lowest BCUT2D eigenvalue weighted by Gasteiger charge is -2.28. The molecular weight excluding hydrogens is 354 g/mol. The molecule has 6 heteroatoms. The van der Waals surface area contributed by atoms with Crippen molar-refractivity contribution < 1.29 is 19.1 Å². The molecule has 138 valence electrons. The van der Waals surface area contributed by atoms with Gasteiger partial charge in [-0.15, -0.1) is 0 Å². The van der Waals surface area contributed by atoms with Crippen LogP contribution in [0.3, 0.4) is 0 Å². The molecule has 5 nitrogen and oxygen atoms in total. The van der Waals surface area contributed by atoms with Gasteiger partial charge in [0.15, 0.2) is 0 Å². The predicted octanol–water partition coefficient (Wildman–Crippen LogP) is 3.69. The van der Waals surface area contributed by atoms with Gasteiger partial charge in [-0.25, -0.2) is 9.59 Å². The first-order chi connectivity index (χ1) is 12.3. The largest absolute Gasteiger partial charge is 0.466 e. The average Bonchev–Trinajstić information content (AvgIpc) is 2.61. The summed E-state index contributed by atoms with van der Waals surface area (Å²) in [7, 11) is 2.60. The molecule has 0 aliphatic carbocycles. The van der Waals surface area contributed by atoms with E-state index >= 15 is 0 Å². The van der Waals surface area contributed by atoms with Gasteiger partial charge in [-0.05, 0) is 26.3 Å². The lowest BCUT2D eigenvalue weighted by Crippen LogP contribution is -2.32. The molecule has 0 bridgehead atoms. The maximum absolute atomic E-state index is 12.3. The predicted molar refractivity (Wildman–Crippen MR) is 101 cm³/mol. The summed E-state index contributed by atoms with van der Waals surface area (Å²) in [5.41, 5.74) is 3.76. The molecule has 26 heavy (non-hydrogen) atoms. The first kappa shape index (κ1) is 19.8. The van der Waals surface area contributed by atoms with E-state index in [1.807, 2.05) is 31.2 Å². The number of benzene rings is 1. The van der Waals surface area contributed by atoms with E-state index in [1.54, 1.807) is 19.9 Å². The summed E-state index contributed by atoms with van der Waals surface area (Å²) in [5.74, 6) is -1.73. The summed E-state index contributed by atoms with van der Waals surface area (Å²) in [6, 6.07) is 7.66. The van der Waals surface area contributed by atoms with Crippen molar-refractivity contribution in [1.82, 2.24) is 5.32 Å². The number of esters is 2. The van der Waals surface area contributed by atoms with Gasteiger partial charge in [0.25, 0.3) is 0 Å². The topological polar surface area (TPSA) is 64.6 Å². The third kappa shape index (κ3) is 3.99. The number of methoxy groups -OCH3 is 2. The van der Waals surface area contributed by atoms with Crippen LogP contribution in [0.5, 0.6) is 0 Å². The zero-order chi connectivity index (χ0) is 19.4. The number of rotatable bonds is 4. The molecule has 0 saturated carbocycles. The summed E-state index contributed by atoms with van der Waals surface area (Å²) in [6.45, 7) is 5.49. The second kappa shape index (κ2) is 8.23. The minimum absolute atomic E-state index is 0.323. The van der Waals surface area contributed by atoms with Crippen LogP contribution in [-0.4, -0.2) is 26.2 Å². The second-order valence-corrected chi connectivity index (χ2v) is 6.45. The first-order valence-corrected chi connectivity index (χ1v) is 8.47. The fourth-order valence-electron chi connectivity index (χ4n) is 2.93. The molecule has 1 heterocycles. The highest BCUT2D eigenvalue weighted by atomic mass is 35.5. The van der Waals surface area contributed by atoms with Gasteiger partial charge in [0.05, 0.1) is 25.4 Å². The van der Waals surface area contributed by atoms with Crippen molar-refractivity contribution in [1.29, 1.82) is 0 Å². The van der Waals surface area contributed by atoms with Gasteiger partial charge >= 0.3 is 11.9 Å². The van der Waals surface area contributed by atoms with Crippen LogP contribution in [-0.2, 0) is 19.1 Å². The summed E-state index contributed by atoms with van der Waals surface area (Å²) >= 11 is 6.50. The molecule has 0 radical (unpaired) electrons. The lowest BCUT2D eigenvalue weighted by molar-refractivity contribution is -0.137. The fraction of sp³-hybridized carbons (Fsp3) is 0.300. The molecule has 0 amide bonds. The average molecular weight is 376 g/mol. The molecule has 0 saturated heterocycles. The van der Waals surface area contributed by atoms with Crippen LogP contribution >= 0.6 is 11.6 Å². The standard InChI is InChI=1S/C20H22ClNO4/c1-11-6-8-14(9-7-11)16(21)10-15-17(19(23)25-4)12(2)22-13(3)18(15)20(24)26-5/h6-10,15,22H,1-5H3. The summed E-state index contributed by atoms with van der Waals surface area (Å²) in [4.78, 5) is 24.7. The van der Waals surface area contributed by atoms with Crippen molar-refractivity contribution in [2.75, 3.05) is 14.2 Å². The fourth-order valence-corrected chi connectivity index (χ4v) is 3.18. The summed E-state index contributed by atoms with van der Waals surface area (Å²) in [5, 5.41) is 3.48. The highest BCUT2D eigenvalue weighted by Crippen LogP contribution is 2.35. The SMILES string of the molecule is COC(=O)C1=C(C)NC(C)=C(C(=O)OC)C1C=C(Cl)c1ccc(C)cc1. The first-order valence-electron chi connectivity index (χ1n) is 8.09. The number of hydrogen-bond acceptors (Lipinski definition) is 5. The summed E-state index contributed by atoms with van der Waals surface area (Å²) < 4.78 is 9.81. The molecule has 0 atom stereocenters. The van der Waals surface area contributed by atoms with Gasteiger partial charge in [-0.3, -0.25) is 0 Å².